The van der Waals surface area contributed by atoms with Gasteiger partial charge in [-0.1, -0.05) is 36.4 Å². The van der Waals surface area contributed by atoms with E-state index in [0.29, 0.717) is 6.54 Å². The lowest BCUT2D eigenvalue weighted by molar-refractivity contribution is 0.167. The molecule has 1 aliphatic rings. The summed E-state index contributed by atoms with van der Waals surface area (Å²) in [4.78, 5) is 6.86. The number of piperidine rings is 1. The van der Waals surface area contributed by atoms with Gasteiger partial charge < -0.3 is 0 Å². The van der Waals surface area contributed by atoms with Gasteiger partial charge in [-0.25, -0.2) is 0 Å². The third-order valence-corrected chi connectivity index (χ3v) is 5.29. The van der Waals surface area contributed by atoms with Gasteiger partial charge in [0.25, 0.3) is 0 Å². The Morgan fingerprint density at radius 1 is 1.15 bits per heavy atom. The summed E-state index contributed by atoms with van der Waals surface area (Å²) in [5.74, 6) is 0. The van der Waals surface area contributed by atoms with Gasteiger partial charge in [0.2, 0.25) is 0 Å². The molecule has 0 aliphatic carbocycles. The van der Waals surface area contributed by atoms with Crippen molar-refractivity contribution in [3.8, 4) is 17.3 Å². The van der Waals surface area contributed by atoms with Gasteiger partial charge >= 0.3 is 0 Å². The van der Waals surface area contributed by atoms with Crippen molar-refractivity contribution in [2.45, 2.75) is 24.8 Å². The highest BCUT2D eigenvalue weighted by atomic mass is 15.3. The summed E-state index contributed by atoms with van der Waals surface area (Å²) in [5.41, 5.74) is 3.69. The van der Waals surface area contributed by atoms with E-state index in [9.17, 15) is 5.26 Å². The number of benzene rings is 1. The van der Waals surface area contributed by atoms with Crippen molar-refractivity contribution in [1.82, 2.24) is 19.7 Å². The predicted octanol–water partition coefficient (Wildman–Crippen LogP) is 3.54. The lowest BCUT2D eigenvalue weighted by atomic mass is 9.78. The van der Waals surface area contributed by atoms with E-state index in [0.717, 1.165) is 42.9 Å². The zero-order chi connectivity index (χ0) is 18.7. The fourth-order valence-corrected chi connectivity index (χ4v) is 4.02. The molecule has 1 fully saturated rings. The SMILES string of the molecule is Cn1cc(CN2CCCC(C#N)(c3ccccn3)C2)c(-c2ccccc2)n1. The van der Waals surface area contributed by atoms with Gasteiger partial charge in [-0.15, -0.1) is 0 Å². The van der Waals surface area contributed by atoms with Crippen molar-refractivity contribution < 1.29 is 0 Å². The number of pyridine rings is 1. The van der Waals surface area contributed by atoms with Crippen LogP contribution in [0.4, 0.5) is 0 Å². The van der Waals surface area contributed by atoms with Crippen molar-refractivity contribution in [2.24, 2.45) is 7.05 Å². The van der Waals surface area contributed by atoms with Gasteiger partial charge in [0.1, 0.15) is 5.41 Å². The summed E-state index contributed by atoms with van der Waals surface area (Å²) < 4.78 is 1.87. The number of hydrogen-bond acceptors (Lipinski definition) is 4. The van der Waals surface area contributed by atoms with E-state index in [2.05, 4.69) is 39.4 Å². The van der Waals surface area contributed by atoms with E-state index in [4.69, 9.17) is 0 Å². The first-order valence-electron chi connectivity index (χ1n) is 9.33. The second kappa shape index (κ2) is 7.34. The van der Waals surface area contributed by atoms with Crippen molar-refractivity contribution in [2.75, 3.05) is 13.1 Å². The maximum absolute atomic E-state index is 9.98. The Hall–Kier alpha value is -2.97. The average molecular weight is 357 g/mol. The minimum atomic E-state index is -0.533. The van der Waals surface area contributed by atoms with E-state index in [1.54, 1.807) is 6.20 Å². The number of rotatable bonds is 4. The van der Waals surface area contributed by atoms with Gasteiger partial charge in [-0.2, -0.15) is 10.4 Å². The van der Waals surface area contributed by atoms with Crippen molar-refractivity contribution >= 4 is 0 Å². The van der Waals surface area contributed by atoms with Gasteiger partial charge in [-0.3, -0.25) is 14.6 Å². The quantitative estimate of drug-likeness (QED) is 0.717. The first-order valence-corrected chi connectivity index (χ1v) is 9.33. The van der Waals surface area contributed by atoms with Crippen LogP contribution in [0, 0.1) is 11.3 Å². The minimum Gasteiger partial charge on any atom is -0.297 e. The number of likely N-dealkylation sites (tertiary alicyclic amines) is 1. The predicted molar refractivity (Wildman–Crippen MR) is 105 cm³/mol. The van der Waals surface area contributed by atoms with Gasteiger partial charge in [0, 0.05) is 43.7 Å². The molecule has 0 spiro atoms. The molecule has 4 rings (SSSR count). The molecule has 3 aromatic rings. The molecule has 1 unspecified atom stereocenters. The number of aromatic nitrogens is 3. The summed E-state index contributed by atoms with van der Waals surface area (Å²) in [6.45, 7) is 2.47. The lowest BCUT2D eigenvalue weighted by Gasteiger charge is -2.37. The molecule has 0 bridgehead atoms. The largest absolute Gasteiger partial charge is 0.297 e. The molecule has 136 valence electrons. The second-order valence-electron chi connectivity index (χ2n) is 7.27. The summed E-state index contributed by atoms with van der Waals surface area (Å²) in [7, 11) is 1.96. The van der Waals surface area contributed by atoms with Gasteiger partial charge in [0.15, 0.2) is 0 Å². The zero-order valence-electron chi connectivity index (χ0n) is 15.5. The van der Waals surface area contributed by atoms with Crippen molar-refractivity contribution in [3.05, 3.63) is 72.2 Å². The monoisotopic (exact) mass is 357 g/mol. The molecule has 5 heteroatoms. The Bertz CT molecular complexity index is 942. The van der Waals surface area contributed by atoms with Crippen molar-refractivity contribution in [3.63, 3.8) is 0 Å². The van der Waals surface area contributed by atoms with Crippen LogP contribution in [-0.2, 0) is 19.0 Å². The molecule has 0 N–H and O–H groups in total. The molecule has 0 radical (unpaired) electrons. The summed E-state index contributed by atoms with van der Waals surface area (Å²) in [6, 6.07) is 18.7. The maximum atomic E-state index is 9.98. The molecule has 1 saturated heterocycles. The van der Waals surface area contributed by atoms with E-state index in [1.165, 1.54) is 5.56 Å². The normalized spacial score (nSPS) is 20.3. The number of nitriles is 1. The smallest absolute Gasteiger partial charge is 0.112 e. The van der Waals surface area contributed by atoms with Gasteiger partial charge in [0.05, 0.1) is 17.5 Å². The molecular weight excluding hydrogens is 334 g/mol. The van der Waals surface area contributed by atoms with E-state index in [-0.39, 0.29) is 0 Å². The standard InChI is InChI=1S/C22H23N5/c1-26-14-19(21(25-26)18-8-3-2-4-9-18)15-27-13-7-11-22(16-23,17-27)20-10-5-6-12-24-20/h2-6,8-10,12,14H,7,11,13,15,17H2,1H3. The Morgan fingerprint density at radius 2 is 1.96 bits per heavy atom. The minimum absolute atomic E-state index is 0.533. The van der Waals surface area contributed by atoms with Crippen LogP contribution < -0.4 is 0 Å². The van der Waals surface area contributed by atoms with E-state index < -0.39 is 5.41 Å². The van der Waals surface area contributed by atoms with Crippen LogP contribution in [0.5, 0.6) is 0 Å². The number of nitrogens with zero attached hydrogens (tertiary/aromatic N) is 5. The molecule has 5 nitrogen and oxygen atoms in total. The molecule has 1 aliphatic heterocycles. The molecule has 27 heavy (non-hydrogen) atoms. The Kier molecular flexibility index (Phi) is 4.74. The molecule has 1 atom stereocenters. The van der Waals surface area contributed by atoms with Crippen LogP contribution in [0.3, 0.4) is 0 Å². The second-order valence-corrected chi connectivity index (χ2v) is 7.27. The number of aryl methyl sites for hydroxylation is 1. The van der Waals surface area contributed by atoms with Crippen LogP contribution in [0.1, 0.15) is 24.1 Å². The van der Waals surface area contributed by atoms with Gasteiger partial charge in [-0.05, 0) is 31.5 Å². The third kappa shape index (κ3) is 3.49. The van der Waals surface area contributed by atoms with Crippen molar-refractivity contribution in [1.29, 1.82) is 5.26 Å². The summed E-state index contributed by atoms with van der Waals surface area (Å²) >= 11 is 0. The third-order valence-electron chi connectivity index (χ3n) is 5.29. The molecule has 0 saturated carbocycles. The Balaban J connectivity index is 1.60. The van der Waals surface area contributed by atoms with E-state index >= 15 is 0 Å². The van der Waals surface area contributed by atoms with E-state index in [1.807, 2.05) is 48.1 Å². The average Bonchev–Trinajstić information content (AvgIpc) is 3.09. The zero-order valence-corrected chi connectivity index (χ0v) is 15.5. The molecule has 1 aromatic carbocycles. The van der Waals surface area contributed by atoms with Crippen LogP contribution in [0.15, 0.2) is 60.9 Å². The van der Waals surface area contributed by atoms with Crippen LogP contribution >= 0.6 is 0 Å². The fourth-order valence-electron chi connectivity index (χ4n) is 4.02. The van der Waals surface area contributed by atoms with Crippen LogP contribution in [-0.4, -0.2) is 32.8 Å². The highest BCUT2D eigenvalue weighted by Gasteiger charge is 2.38. The molecule has 3 heterocycles. The first-order chi connectivity index (χ1) is 13.2. The topological polar surface area (TPSA) is 57.7 Å². The summed E-state index contributed by atoms with van der Waals surface area (Å²) in [6.07, 6.45) is 5.72. The first kappa shape index (κ1) is 17.4. The van der Waals surface area contributed by atoms with Crippen LogP contribution in [0.25, 0.3) is 11.3 Å². The maximum Gasteiger partial charge on any atom is 0.112 e. The highest BCUT2D eigenvalue weighted by Crippen LogP contribution is 2.33. The number of hydrogen-bond donors (Lipinski definition) is 0. The summed E-state index contributed by atoms with van der Waals surface area (Å²) in [5, 5.41) is 14.7. The Labute approximate surface area is 159 Å². The molecule has 2 aromatic heterocycles. The molecule has 0 amide bonds. The fraction of sp³-hybridized carbons (Fsp3) is 0.318. The molecular formula is C22H23N5. The van der Waals surface area contributed by atoms with Crippen LogP contribution in [0.2, 0.25) is 0 Å². The lowest BCUT2D eigenvalue weighted by Crippen LogP contribution is -2.45. The Morgan fingerprint density at radius 3 is 2.70 bits per heavy atom. The highest BCUT2D eigenvalue weighted by molar-refractivity contribution is 5.62.